The Kier molecular flexibility index (Phi) is 6.29. The fourth-order valence-corrected chi connectivity index (χ4v) is 3.41. The van der Waals surface area contributed by atoms with Gasteiger partial charge in [0, 0.05) is 5.02 Å². The number of hydrogen-bond donors (Lipinski definition) is 1. The Morgan fingerprint density at radius 3 is 2.31 bits per heavy atom. The number of likely N-dealkylation sites (tertiary alicyclic amines) is 1. The number of ether oxygens (including phenoxy) is 2. The van der Waals surface area contributed by atoms with E-state index in [-0.39, 0.29) is 43.4 Å². The van der Waals surface area contributed by atoms with Gasteiger partial charge in [-0.15, -0.1) is 0 Å². The molecule has 1 heterocycles. The van der Waals surface area contributed by atoms with Crippen LogP contribution in [0.3, 0.4) is 0 Å². The zero-order valence-corrected chi connectivity index (χ0v) is 15.1. The van der Waals surface area contributed by atoms with Gasteiger partial charge >= 0.3 is 0 Å². The first-order valence-electron chi connectivity index (χ1n) is 8.70. The number of aliphatic hydroxyl groups excluding tert-OH is 1. The molecule has 140 valence electrons. The van der Waals surface area contributed by atoms with Gasteiger partial charge in [-0.1, -0.05) is 23.8 Å². The van der Waals surface area contributed by atoms with Gasteiger partial charge in [0.2, 0.25) is 11.8 Å². The van der Waals surface area contributed by atoms with Crippen LogP contribution in [0.2, 0.25) is 5.02 Å². The smallest absolute Gasteiger partial charge is 0.233 e. The monoisotopic (exact) mass is 379 g/mol. The van der Waals surface area contributed by atoms with Crippen molar-refractivity contribution in [2.75, 3.05) is 26.4 Å². The number of rotatable bonds is 8. The minimum absolute atomic E-state index is 0.0251. The molecular weight excluding hydrogens is 358 g/mol. The summed E-state index contributed by atoms with van der Waals surface area (Å²) in [6, 6.07) is 6.99. The molecule has 3 atom stereocenters. The zero-order valence-electron chi connectivity index (χ0n) is 14.3. The van der Waals surface area contributed by atoms with Crippen LogP contribution >= 0.6 is 11.6 Å². The van der Waals surface area contributed by atoms with Gasteiger partial charge in [-0.3, -0.25) is 14.5 Å². The number of fused-ring (bicyclic) bond motifs is 1. The Labute approximate surface area is 157 Å². The van der Waals surface area contributed by atoms with Gasteiger partial charge in [-0.05, 0) is 37.1 Å². The predicted molar refractivity (Wildman–Crippen MR) is 95.8 cm³/mol. The zero-order chi connectivity index (χ0) is 18.5. The van der Waals surface area contributed by atoms with Gasteiger partial charge in [0.1, 0.15) is 12.4 Å². The number of imide groups is 1. The Balaban J connectivity index is 1.36. The van der Waals surface area contributed by atoms with Gasteiger partial charge in [-0.2, -0.15) is 0 Å². The molecule has 26 heavy (non-hydrogen) atoms. The average Bonchev–Trinajstić information content (AvgIpc) is 2.88. The summed E-state index contributed by atoms with van der Waals surface area (Å²) < 4.78 is 10.9. The van der Waals surface area contributed by atoms with Crippen LogP contribution in [-0.4, -0.2) is 54.3 Å². The Morgan fingerprint density at radius 2 is 1.69 bits per heavy atom. The molecule has 1 N–H and O–H groups in total. The summed E-state index contributed by atoms with van der Waals surface area (Å²) in [5.74, 6) is -0.228. The van der Waals surface area contributed by atoms with E-state index >= 15 is 0 Å². The predicted octanol–water partition coefficient (Wildman–Crippen LogP) is 2.05. The maximum absolute atomic E-state index is 12.3. The van der Waals surface area contributed by atoms with E-state index in [0.717, 1.165) is 0 Å². The first kappa shape index (κ1) is 18.9. The first-order valence-corrected chi connectivity index (χ1v) is 9.08. The average molecular weight is 380 g/mol. The quantitative estimate of drug-likeness (QED) is 0.425. The molecule has 0 radical (unpaired) electrons. The van der Waals surface area contributed by atoms with Crippen LogP contribution in [0.15, 0.2) is 36.4 Å². The fraction of sp³-hybridized carbons (Fsp3) is 0.474. The van der Waals surface area contributed by atoms with Gasteiger partial charge in [0.05, 0.1) is 37.7 Å². The largest absolute Gasteiger partial charge is 0.491 e. The highest BCUT2D eigenvalue weighted by molar-refractivity contribution is 6.30. The van der Waals surface area contributed by atoms with Crippen LogP contribution in [0.5, 0.6) is 5.75 Å². The van der Waals surface area contributed by atoms with Crippen molar-refractivity contribution in [1.29, 1.82) is 0 Å². The lowest BCUT2D eigenvalue weighted by molar-refractivity contribution is -0.142. The molecule has 0 spiro atoms. The minimum Gasteiger partial charge on any atom is -0.491 e. The highest BCUT2D eigenvalue weighted by Gasteiger charge is 2.47. The van der Waals surface area contributed by atoms with E-state index in [0.29, 0.717) is 30.2 Å². The number of aliphatic hydroxyl groups is 1. The van der Waals surface area contributed by atoms with Crippen molar-refractivity contribution < 1.29 is 24.2 Å². The van der Waals surface area contributed by atoms with Gasteiger partial charge in [0.15, 0.2) is 0 Å². The fourth-order valence-electron chi connectivity index (χ4n) is 3.28. The number of benzene rings is 1. The molecule has 3 rings (SSSR count). The molecule has 0 aromatic heterocycles. The summed E-state index contributed by atoms with van der Waals surface area (Å²) in [5.41, 5.74) is 0. The second-order valence-electron chi connectivity index (χ2n) is 6.47. The van der Waals surface area contributed by atoms with E-state index in [1.165, 1.54) is 4.90 Å². The molecule has 0 saturated carbocycles. The normalized spacial score (nSPS) is 23.2. The van der Waals surface area contributed by atoms with E-state index in [4.69, 9.17) is 21.1 Å². The van der Waals surface area contributed by atoms with Crippen LogP contribution < -0.4 is 4.74 Å². The van der Waals surface area contributed by atoms with E-state index in [2.05, 4.69) is 0 Å². The van der Waals surface area contributed by atoms with Crippen LogP contribution in [0.25, 0.3) is 0 Å². The Morgan fingerprint density at radius 1 is 1.08 bits per heavy atom. The van der Waals surface area contributed by atoms with E-state index in [9.17, 15) is 14.7 Å². The third-order valence-corrected chi connectivity index (χ3v) is 4.86. The highest BCUT2D eigenvalue weighted by atomic mass is 35.5. The van der Waals surface area contributed by atoms with Crippen molar-refractivity contribution in [1.82, 2.24) is 4.90 Å². The molecule has 1 saturated heterocycles. The summed E-state index contributed by atoms with van der Waals surface area (Å²) in [5, 5.41) is 10.7. The second-order valence-corrected chi connectivity index (χ2v) is 6.91. The molecule has 1 aromatic carbocycles. The van der Waals surface area contributed by atoms with Crippen LogP contribution in [0.1, 0.15) is 12.8 Å². The maximum atomic E-state index is 12.3. The number of halogens is 1. The van der Waals surface area contributed by atoms with Crippen molar-refractivity contribution in [3.63, 3.8) is 0 Å². The number of carbonyl (C=O) groups is 2. The molecular formula is C19H22ClNO5. The number of allylic oxidation sites excluding steroid dienone is 2. The number of β-amino-alcohol motifs (C(OH)–C–C–N with tert-alkyl or cyclic N) is 1. The van der Waals surface area contributed by atoms with E-state index < -0.39 is 6.10 Å². The maximum Gasteiger partial charge on any atom is 0.233 e. The summed E-state index contributed by atoms with van der Waals surface area (Å²) in [6.45, 7) is 0.625. The summed E-state index contributed by atoms with van der Waals surface area (Å²) in [7, 11) is 0. The van der Waals surface area contributed by atoms with Crippen molar-refractivity contribution in [3.05, 3.63) is 41.4 Å². The molecule has 1 aliphatic heterocycles. The van der Waals surface area contributed by atoms with Gasteiger partial charge in [-0.25, -0.2) is 0 Å². The lowest BCUT2D eigenvalue weighted by Gasteiger charge is -2.19. The number of amides is 2. The third-order valence-electron chi connectivity index (χ3n) is 4.61. The molecule has 2 aliphatic rings. The molecule has 1 aliphatic carbocycles. The van der Waals surface area contributed by atoms with E-state index in [1.807, 2.05) is 12.2 Å². The minimum atomic E-state index is -0.911. The lowest BCUT2D eigenvalue weighted by atomic mass is 9.85. The topological polar surface area (TPSA) is 76.1 Å². The molecule has 0 unspecified atom stereocenters. The van der Waals surface area contributed by atoms with Crippen molar-refractivity contribution in [3.8, 4) is 5.75 Å². The number of carbonyl (C=O) groups excluding carboxylic acids is 2. The highest BCUT2D eigenvalue weighted by Crippen LogP contribution is 2.35. The second kappa shape index (κ2) is 8.66. The SMILES string of the molecule is O=C1[C@H]2CC=CC[C@H]2C(=O)N1C[C@H](O)COCCOc1ccc(Cl)cc1. The molecule has 0 bridgehead atoms. The van der Waals surface area contributed by atoms with Crippen LogP contribution in [0.4, 0.5) is 0 Å². The molecule has 7 heteroatoms. The Bertz CT molecular complexity index is 649. The Hall–Kier alpha value is -1.89. The number of nitrogens with zero attached hydrogens (tertiary/aromatic N) is 1. The lowest BCUT2D eigenvalue weighted by Crippen LogP contribution is -2.39. The number of hydrogen-bond acceptors (Lipinski definition) is 5. The van der Waals surface area contributed by atoms with Crippen molar-refractivity contribution >= 4 is 23.4 Å². The summed E-state index contributed by atoms with van der Waals surface area (Å²) in [4.78, 5) is 25.8. The molecule has 1 aromatic rings. The van der Waals surface area contributed by atoms with E-state index in [1.54, 1.807) is 24.3 Å². The van der Waals surface area contributed by atoms with Crippen LogP contribution in [-0.2, 0) is 14.3 Å². The molecule has 2 amide bonds. The molecule has 6 nitrogen and oxygen atoms in total. The van der Waals surface area contributed by atoms with Crippen LogP contribution in [0, 0.1) is 11.8 Å². The van der Waals surface area contributed by atoms with Crippen molar-refractivity contribution in [2.45, 2.75) is 18.9 Å². The summed E-state index contributed by atoms with van der Waals surface area (Å²) >= 11 is 5.80. The summed E-state index contributed by atoms with van der Waals surface area (Å²) in [6.07, 6.45) is 4.17. The molecule has 1 fully saturated rings. The third kappa shape index (κ3) is 4.44. The first-order chi connectivity index (χ1) is 12.6. The van der Waals surface area contributed by atoms with Crippen molar-refractivity contribution in [2.24, 2.45) is 11.8 Å². The van der Waals surface area contributed by atoms with Gasteiger partial charge < -0.3 is 14.6 Å². The van der Waals surface area contributed by atoms with Gasteiger partial charge in [0.25, 0.3) is 0 Å². The standard InChI is InChI=1S/C19H22ClNO5/c20-13-5-7-15(8-6-13)26-10-9-25-12-14(22)11-21-18(23)16-3-1-2-4-17(16)19(21)24/h1-2,5-8,14,16-17,22H,3-4,9-12H2/t14-,16-,17+/m0/s1.